The monoisotopic (exact) mass is 294 g/mol. The second-order valence-electron chi connectivity index (χ2n) is 5.51. The molecule has 0 amide bonds. The van der Waals surface area contributed by atoms with Gasteiger partial charge in [0.1, 0.15) is 0 Å². The molecule has 0 spiro atoms. The van der Waals surface area contributed by atoms with Crippen LogP contribution in [0, 0.1) is 19.8 Å². The molecule has 0 saturated heterocycles. The van der Waals surface area contributed by atoms with Crippen molar-refractivity contribution in [3.05, 3.63) is 15.6 Å². The van der Waals surface area contributed by atoms with Crippen molar-refractivity contribution in [1.82, 2.24) is 15.6 Å². The van der Waals surface area contributed by atoms with Crippen LogP contribution < -0.4 is 10.6 Å². The van der Waals surface area contributed by atoms with Gasteiger partial charge in [0, 0.05) is 31.4 Å². The maximum absolute atomic E-state index is 4.55. The van der Waals surface area contributed by atoms with E-state index in [1.54, 1.807) is 11.3 Å². The third-order valence-corrected chi connectivity index (χ3v) is 4.84. The molecule has 0 atom stereocenters. The Morgan fingerprint density at radius 3 is 2.65 bits per heavy atom. The van der Waals surface area contributed by atoms with Gasteiger partial charge in [0.25, 0.3) is 0 Å². The Hall–Kier alpha value is -1.10. The van der Waals surface area contributed by atoms with Crippen LogP contribution in [0.3, 0.4) is 0 Å². The highest BCUT2D eigenvalue weighted by Gasteiger charge is 2.19. The summed E-state index contributed by atoms with van der Waals surface area (Å²) >= 11 is 1.79. The van der Waals surface area contributed by atoms with Gasteiger partial charge in [-0.1, -0.05) is 12.8 Å². The van der Waals surface area contributed by atoms with Crippen molar-refractivity contribution in [3.8, 4) is 0 Å². The molecule has 5 heteroatoms. The Bertz CT molecular complexity index is 429. The van der Waals surface area contributed by atoms with Crippen LogP contribution in [0.1, 0.15) is 41.3 Å². The third-order valence-electron chi connectivity index (χ3n) is 3.71. The van der Waals surface area contributed by atoms with E-state index in [-0.39, 0.29) is 0 Å². The number of aryl methyl sites for hydroxylation is 2. The summed E-state index contributed by atoms with van der Waals surface area (Å²) in [5.74, 6) is 1.92. The number of aromatic nitrogens is 1. The maximum Gasteiger partial charge on any atom is 0.190 e. The van der Waals surface area contributed by atoms with Gasteiger partial charge < -0.3 is 10.6 Å². The third kappa shape index (κ3) is 5.12. The molecule has 1 fully saturated rings. The lowest BCUT2D eigenvalue weighted by Gasteiger charge is -2.11. The van der Waals surface area contributed by atoms with Gasteiger partial charge in [-0.25, -0.2) is 4.98 Å². The molecule has 0 radical (unpaired) electrons. The zero-order chi connectivity index (χ0) is 14.4. The molecule has 112 valence electrons. The second kappa shape index (κ2) is 7.62. The minimum Gasteiger partial charge on any atom is -0.356 e. The minimum atomic E-state index is 0.884. The van der Waals surface area contributed by atoms with Crippen LogP contribution in [0.25, 0.3) is 0 Å². The molecule has 1 aromatic heterocycles. The summed E-state index contributed by atoms with van der Waals surface area (Å²) in [7, 11) is 1.83. The van der Waals surface area contributed by atoms with E-state index in [1.165, 1.54) is 35.6 Å². The molecule has 1 saturated carbocycles. The number of hydrogen-bond acceptors (Lipinski definition) is 3. The Kier molecular flexibility index (Phi) is 5.83. The van der Waals surface area contributed by atoms with Crippen LogP contribution in [-0.2, 0) is 6.42 Å². The van der Waals surface area contributed by atoms with Gasteiger partial charge in [-0.05, 0) is 32.6 Å². The first-order chi connectivity index (χ1) is 9.69. The van der Waals surface area contributed by atoms with Crippen LogP contribution in [-0.4, -0.2) is 31.1 Å². The second-order valence-corrected chi connectivity index (χ2v) is 6.80. The molecule has 1 aliphatic rings. The van der Waals surface area contributed by atoms with E-state index in [2.05, 4.69) is 34.5 Å². The summed E-state index contributed by atoms with van der Waals surface area (Å²) < 4.78 is 0. The number of nitrogens with one attached hydrogen (secondary N) is 2. The molecular weight excluding hydrogens is 268 g/mol. The van der Waals surface area contributed by atoms with E-state index in [4.69, 9.17) is 0 Å². The molecule has 0 bridgehead atoms. The highest BCUT2D eigenvalue weighted by molar-refractivity contribution is 7.11. The SMILES string of the molecule is CN=C(NCCCC1CC1)NCCc1nc(C)c(C)s1. The molecule has 2 rings (SSSR count). The summed E-state index contributed by atoms with van der Waals surface area (Å²) in [6, 6.07) is 0. The van der Waals surface area contributed by atoms with Crippen LogP contribution in [0.4, 0.5) is 0 Å². The van der Waals surface area contributed by atoms with Gasteiger partial charge in [0.05, 0.1) is 10.7 Å². The molecule has 2 N–H and O–H groups in total. The molecule has 0 unspecified atom stereocenters. The van der Waals surface area contributed by atoms with Gasteiger partial charge in [0.2, 0.25) is 0 Å². The Balaban J connectivity index is 1.60. The first kappa shape index (κ1) is 15.3. The Morgan fingerprint density at radius 1 is 1.30 bits per heavy atom. The highest BCUT2D eigenvalue weighted by atomic mass is 32.1. The smallest absolute Gasteiger partial charge is 0.190 e. The molecule has 20 heavy (non-hydrogen) atoms. The molecule has 4 nitrogen and oxygen atoms in total. The van der Waals surface area contributed by atoms with Crippen molar-refractivity contribution < 1.29 is 0 Å². The number of guanidine groups is 1. The molecule has 1 heterocycles. The first-order valence-corrected chi connectivity index (χ1v) is 8.38. The number of hydrogen-bond donors (Lipinski definition) is 2. The predicted octanol–water partition coefficient (Wildman–Crippen LogP) is 2.66. The number of nitrogens with zero attached hydrogens (tertiary/aromatic N) is 2. The molecule has 0 aliphatic heterocycles. The van der Waals surface area contributed by atoms with Crippen LogP contribution in [0.15, 0.2) is 4.99 Å². The summed E-state index contributed by atoms with van der Waals surface area (Å²) in [5, 5.41) is 7.94. The Labute approximate surface area is 126 Å². The molecule has 1 aromatic rings. The van der Waals surface area contributed by atoms with Crippen molar-refractivity contribution in [2.45, 2.75) is 46.0 Å². The van der Waals surface area contributed by atoms with E-state index in [9.17, 15) is 0 Å². The van der Waals surface area contributed by atoms with E-state index in [1.807, 2.05) is 7.05 Å². The fourth-order valence-electron chi connectivity index (χ4n) is 2.16. The number of rotatable bonds is 7. The maximum atomic E-state index is 4.55. The zero-order valence-electron chi connectivity index (χ0n) is 12.8. The summed E-state index contributed by atoms with van der Waals surface area (Å²) in [6.45, 7) is 6.10. The van der Waals surface area contributed by atoms with Crippen LogP contribution in [0.2, 0.25) is 0 Å². The highest BCUT2D eigenvalue weighted by Crippen LogP contribution is 2.33. The Morgan fingerprint density at radius 2 is 2.05 bits per heavy atom. The van der Waals surface area contributed by atoms with Gasteiger partial charge in [-0.3, -0.25) is 4.99 Å². The molecule has 0 aromatic carbocycles. The van der Waals surface area contributed by atoms with Crippen molar-refractivity contribution in [3.63, 3.8) is 0 Å². The molecular formula is C15H26N4S. The van der Waals surface area contributed by atoms with Crippen LogP contribution >= 0.6 is 11.3 Å². The normalized spacial score (nSPS) is 15.4. The lowest BCUT2D eigenvalue weighted by atomic mass is 10.2. The van der Waals surface area contributed by atoms with Gasteiger partial charge in [-0.2, -0.15) is 0 Å². The first-order valence-electron chi connectivity index (χ1n) is 7.56. The van der Waals surface area contributed by atoms with Crippen molar-refractivity contribution in [2.24, 2.45) is 10.9 Å². The van der Waals surface area contributed by atoms with Crippen molar-refractivity contribution in [1.29, 1.82) is 0 Å². The van der Waals surface area contributed by atoms with E-state index in [0.717, 1.165) is 37.1 Å². The number of thiazole rings is 1. The van der Waals surface area contributed by atoms with E-state index >= 15 is 0 Å². The fraction of sp³-hybridized carbons (Fsp3) is 0.733. The van der Waals surface area contributed by atoms with Gasteiger partial charge in [-0.15, -0.1) is 11.3 Å². The van der Waals surface area contributed by atoms with Crippen molar-refractivity contribution >= 4 is 17.3 Å². The minimum absolute atomic E-state index is 0.884. The summed E-state index contributed by atoms with van der Waals surface area (Å²) in [6.07, 6.45) is 6.46. The topological polar surface area (TPSA) is 49.3 Å². The van der Waals surface area contributed by atoms with Crippen LogP contribution in [0.5, 0.6) is 0 Å². The molecule has 1 aliphatic carbocycles. The summed E-state index contributed by atoms with van der Waals surface area (Å²) in [5.41, 5.74) is 1.16. The lowest BCUT2D eigenvalue weighted by molar-refractivity contribution is 0.644. The zero-order valence-corrected chi connectivity index (χ0v) is 13.6. The van der Waals surface area contributed by atoms with Gasteiger partial charge >= 0.3 is 0 Å². The van der Waals surface area contributed by atoms with Crippen molar-refractivity contribution in [2.75, 3.05) is 20.1 Å². The average molecular weight is 294 g/mol. The largest absolute Gasteiger partial charge is 0.356 e. The average Bonchev–Trinajstić information content (AvgIpc) is 3.19. The quantitative estimate of drug-likeness (QED) is 0.462. The van der Waals surface area contributed by atoms with E-state index in [0.29, 0.717) is 0 Å². The van der Waals surface area contributed by atoms with Gasteiger partial charge in [0.15, 0.2) is 5.96 Å². The fourth-order valence-corrected chi connectivity index (χ4v) is 3.09. The predicted molar refractivity (Wildman–Crippen MR) is 86.6 cm³/mol. The lowest BCUT2D eigenvalue weighted by Crippen LogP contribution is -2.38. The van der Waals surface area contributed by atoms with E-state index < -0.39 is 0 Å². The number of aliphatic imine (C=N–C) groups is 1. The standard InChI is InChI=1S/C15H26N4S/c1-11-12(2)20-14(19-11)8-10-18-15(16-3)17-9-4-5-13-6-7-13/h13H,4-10H2,1-3H3,(H2,16,17,18). The summed E-state index contributed by atoms with van der Waals surface area (Å²) in [4.78, 5) is 10.1.